The number of carbonyl (C=O) groups is 1. The summed E-state index contributed by atoms with van der Waals surface area (Å²) in [5.74, 6) is 0.706. The number of para-hydroxylation sites is 1. The van der Waals surface area contributed by atoms with E-state index >= 15 is 0 Å². The molecule has 31 heavy (non-hydrogen) atoms. The van der Waals surface area contributed by atoms with Gasteiger partial charge in [0.25, 0.3) is 11.5 Å². The molecule has 0 bridgehead atoms. The van der Waals surface area contributed by atoms with Crippen LogP contribution in [0.1, 0.15) is 35.6 Å². The van der Waals surface area contributed by atoms with Crippen molar-refractivity contribution in [2.24, 2.45) is 7.05 Å². The van der Waals surface area contributed by atoms with Gasteiger partial charge in [0.2, 0.25) is 0 Å². The fourth-order valence-corrected chi connectivity index (χ4v) is 4.48. The SMILES string of the molecule is CCC(c1nc2ccccc2c(=O)n1C)N1CCN(C(=O)c2ccc(Cl)c(Cl)c2)CC1. The standard InChI is InChI=1S/C23H24Cl2N4O2/c1-3-20(21-26-19-7-5-4-6-16(19)23(31)27(21)2)28-10-12-29(13-11-28)22(30)15-8-9-17(24)18(25)14-15/h4-9,14,20H,3,10-13H2,1-2H3. The van der Waals surface area contributed by atoms with Gasteiger partial charge in [-0.2, -0.15) is 0 Å². The van der Waals surface area contributed by atoms with E-state index in [1.54, 1.807) is 29.8 Å². The molecule has 1 unspecified atom stereocenters. The number of aromatic nitrogens is 2. The van der Waals surface area contributed by atoms with E-state index in [1.807, 2.05) is 29.2 Å². The van der Waals surface area contributed by atoms with Gasteiger partial charge in [0, 0.05) is 38.8 Å². The molecule has 0 aliphatic carbocycles. The van der Waals surface area contributed by atoms with Gasteiger partial charge in [-0.15, -0.1) is 0 Å². The van der Waals surface area contributed by atoms with Crippen molar-refractivity contribution in [1.29, 1.82) is 0 Å². The van der Waals surface area contributed by atoms with Crippen molar-refractivity contribution < 1.29 is 4.79 Å². The Morgan fingerprint density at radius 3 is 2.45 bits per heavy atom. The molecule has 1 aliphatic heterocycles. The summed E-state index contributed by atoms with van der Waals surface area (Å²) in [4.78, 5) is 34.7. The summed E-state index contributed by atoms with van der Waals surface area (Å²) < 4.78 is 1.66. The first-order chi connectivity index (χ1) is 14.9. The molecule has 8 heteroatoms. The Bertz CT molecular complexity index is 1190. The first-order valence-corrected chi connectivity index (χ1v) is 11.1. The van der Waals surface area contributed by atoms with Crippen LogP contribution in [0.5, 0.6) is 0 Å². The highest BCUT2D eigenvalue weighted by Gasteiger charge is 2.29. The normalized spacial score (nSPS) is 15.9. The molecular weight excluding hydrogens is 435 g/mol. The topological polar surface area (TPSA) is 58.4 Å². The summed E-state index contributed by atoms with van der Waals surface area (Å²) in [6, 6.07) is 12.4. The van der Waals surface area contributed by atoms with Crippen LogP contribution in [0, 0.1) is 0 Å². The molecule has 6 nitrogen and oxygen atoms in total. The second-order valence-corrected chi connectivity index (χ2v) is 8.55. The van der Waals surface area contributed by atoms with E-state index in [0.717, 1.165) is 12.2 Å². The maximum atomic E-state index is 12.9. The third kappa shape index (κ3) is 4.20. The molecule has 0 spiro atoms. The molecule has 4 rings (SSSR count). The van der Waals surface area contributed by atoms with Crippen molar-refractivity contribution in [3.63, 3.8) is 0 Å². The number of fused-ring (bicyclic) bond motifs is 1. The molecule has 1 amide bonds. The number of hydrogen-bond donors (Lipinski definition) is 0. The quantitative estimate of drug-likeness (QED) is 0.588. The van der Waals surface area contributed by atoms with E-state index in [-0.39, 0.29) is 17.5 Å². The van der Waals surface area contributed by atoms with Gasteiger partial charge in [0.05, 0.1) is 27.0 Å². The van der Waals surface area contributed by atoms with E-state index in [9.17, 15) is 9.59 Å². The van der Waals surface area contributed by atoms with E-state index in [0.29, 0.717) is 52.7 Å². The molecule has 0 N–H and O–H groups in total. The van der Waals surface area contributed by atoms with Crippen molar-refractivity contribution in [1.82, 2.24) is 19.4 Å². The number of halogens is 2. The Morgan fingerprint density at radius 2 is 1.77 bits per heavy atom. The molecular formula is C23H24Cl2N4O2. The fourth-order valence-electron chi connectivity index (χ4n) is 4.19. The third-order valence-corrected chi connectivity index (χ3v) is 6.65. The number of piperazine rings is 1. The van der Waals surface area contributed by atoms with E-state index in [1.165, 1.54) is 0 Å². The molecule has 1 aromatic heterocycles. The van der Waals surface area contributed by atoms with Gasteiger partial charge in [-0.25, -0.2) is 4.98 Å². The van der Waals surface area contributed by atoms with Crippen molar-refractivity contribution in [3.05, 3.63) is 74.3 Å². The largest absolute Gasteiger partial charge is 0.336 e. The Kier molecular flexibility index (Phi) is 6.32. The maximum absolute atomic E-state index is 12.9. The summed E-state index contributed by atoms with van der Waals surface area (Å²) in [6.45, 7) is 4.69. The molecule has 1 aliphatic rings. The molecule has 1 saturated heterocycles. The van der Waals surface area contributed by atoms with Crippen LogP contribution in [0.2, 0.25) is 10.0 Å². The minimum Gasteiger partial charge on any atom is -0.336 e. The lowest BCUT2D eigenvalue weighted by atomic mass is 10.1. The second-order valence-electron chi connectivity index (χ2n) is 7.73. The minimum absolute atomic E-state index is 0.00420. The predicted octanol–water partition coefficient (Wildman–Crippen LogP) is 4.15. The van der Waals surface area contributed by atoms with Crippen LogP contribution in [-0.2, 0) is 7.05 Å². The summed E-state index contributed by atoms with van der Waals surface area (Å²) >= 11 is 12.0. The smallest absolute Gasteiger partial charge is 0.261 e. The average molecular weight is 459 g/mol. The molecule has 2 aromatic carbocycles. The molecule has 3 aromatic rings. The van der Waals surface area contributed by atoms with E-state index < -0.39 is 0 Å². The molecule has 1 fully saturated rings. The van der Waals surface area contributed by atoms with Gasteiger partial charge in [-0.3, -0.25) is 19.1 Å². The van der Waals surface area contributed by atoms with Crippen LogP contribution in [-0.4, -0.2) is 51.4 Å². The van der Waals surface area contributed by atoms with Gasteiger partial charge in [0.15, 0.2) is 0 Å². The van der Waals surface area contributed by atoms with Gasteiger partial charge in [-0.1, -0.05) is 42.3 Å². The number of nitrogens with zero attached hydrogens (tertiary/aromatic N) is 4. The molecule has 162 valence electrons. The second kappa shape index (κ2) is 8.99. The predicted molar refractivity (Wildman–Crippen MR) is 124 cm³/mol. The van der Waals surface area contributed by atoms with Gasteiger partial charge in [0.1, 0.15) is 5.82 Å². The molecule has 0 radical (unpaired) electrons. The Morgan fingerprint density at radius 1 is 1.06 bits per heavy atom. The summed E-state index contributed by atoms with van der Waals surface area (Å²) in [6.07, 6.45) is 0.819. The number of amides is 1. The van der Waals surface area contributed by atoms with Crippen LogP contribution < -0.4 is 5.56 Å². The zero-order valence-corrected chi connectivity index (χ0v) is 19.0. The Balaban J connectivity index is 1.53. The number of hydrogen-bond acceptors (Lipinski definition) is 4. The first-order valence-electron chi connectivity index (χ1n) is 10.3. The number of rotatable bonds is 4. The van der Waals surface area contributed by atoms with Gasteiger partial charge in [-0.05, 0) is 36.8 Å². The fraction of sp³-hybridized carbons (Fsp3) is 0.348. The van der Waals surface area contributed by atoms with Crippen LogP contribution >= 0.6 is 23.2 Å². The summed E-state index contributed by atoms with van der Waals surface area (Å²) in [7, 11) is 1.78. The third-order valence-electron chi connectivity index (χ3n) is 5.91. The van der Waals surface area contributed by atoms with E-state index in [2.05, 4.69) is 11.8 Å². The van der Waals surface area contributed by atoms with Crippen LogP contribution in [0.4, 0.5) is 0 Å². The highest BCUT2D eigenvalue weighted by molar-refractivity contribution is 6.42. The lowest BCUT2D eigenvalue weighted by Gasteiger charge is -2.39. The van der Waals surface area contributed by atoms with Gasteiger partial charge < -0.3 is 4.90 Å². The van der Waals surface area contributed by atoms with Crippen LogP contribution in [0.25, 0.3) is 10.9 Å². The lowest BCUT2D eigenvalue weighted by Crippen LogP contribution is -2.50. The van der Waals surface area contributed by atoms with Crippen molar-refractivity contribution in [2.45, 2.75) is 19.4 Å². The van der Waals surface area contributed by atoms with Crippen molar-refractivity contribution in [2.75, 3.05) is 26.2 Å². The van der Waals surface area contributed by atoms with Crippen molar-refractivity contribution >= 4 is 40.0 Å². The lowest BCUT2D eigenvalue weighted by molar-refractivity contribution is 0.0550. The number of carbonyl (C=O) groups excluding carboxylic acids is 1. The summed E-state index contributed by atoms with van der Waals surface area (Å²) in [5.41, 5.74) is 1.22. The zero-order valence-electron chi connectivity index (χ0n) is 17.5. The average Bonchev–Trinajstić information content (AvgIpc) is 2.79. The van der Waals surface area contributed by atoms with E-state index in [4.69, 9.17) is 28.2 Å². The molecule has 1 atom stereocenters. The highest BCUT2D eigenvalue weighted by atomic mass is 35.5. The molecule has 0 saturated carbocycles. The highest BCUT2D eigenvalue weighted by Crippen LogP contribution is 2.26. The maximum Gasteiger partial charge on any atom is 0.261 e. The minimum atomic E-state index is -0.0532. The Labute approximate surface area is 191 Å². The van der Waals surface area contributed by atoms with Gasteiger partial charge >= 0.3 is 0 Å². The zero-order chi connectivity index (χ0) is 22.1. The Hall–Kier alpha value is -2.41. The van der Waals surface area contributed by atoms with Crippen LogP contribution in [0.3, 0.4) is 0 Å². The van der Waals surface area contributed by atoms with Crippen LogP contribution in [0.15, 0.2) is 47.3 Å². The molecule has 2 heterocycles. The number of benzene rings is 2. The first kappa shape index (κ1) is 21.8. The van der Waals surface area contributed by atoms with Crippen molar-refractivity contribution in [3.8, 4) is 0 Å². The summed E-state index contributed by atoms with van der Waals surface area (Å²) in [5, 5.41) is 1.43. The monoisotopic (exact) mass is 458 g/mol.